The van der Waals surface area contributed by atoms with Crippen molar-refractivity contribution in [2.75, 3.05) is 13.7 Å². The van der Waals surface area contributed by atoms with Crippen LogP contribution in [0.25, 0.3) is 11.0 Å². The first kappa shape index (κ1) is 11.5. The highest BCUT2D eigenvalue weighted by Gasteiger charge is 2.16. The van der Waals surface area contributed by atoms with E-state index in [-0.39, 0.29) is 5.97 Å². The Labute approximate surface area is 99.1 Å². The zero-order chi connectivity index (χ0) is 12.4. The summed E-state index contributed by atoms with van der Waals surface area (Å²) in [5.41, 5.74) is 2.05. The van der Waals surface area contributed by atoms with Crippen LogP contribution in [0.15, 0.2) is 22.8 Å². The summed E-state index contributed by atoms with van der Waals surface area (Å²) in [5.74, 6) is 0.349. The van der Waals surface area contributed by atoms with Crippen molar-refractivity contribution in [2.45, 2.75) is 13.8 Å². The second kappa shape index (κ2) is 4.49. The number of benzene rings is 1. The van der Waals surface area contributed by atoms with Gasteiger partial charge in [0.25, 0.3) is 0 Å². The minimum absolute atomic E-state index is 0.342. The van der Waals surface area contributed by atoms with E-state index in [4.69, 9.17) is 13.9 Å². The maximum atomic E-state index is 11.7. The maximum Gasteiger partial charge on any atom is 0.342 e. The summed E-state index contributed by atoms with van der Waals surface area (Å²) in [6.45, 7) is 4.03. The van der Waals surface area contributed by atoms with Crippen LogP contribution in [0, 0.1) is 6.92 Å². The standard InChI is InChI=1S/C13H14O4/c1-4-16-13(14)10-7-17-12-5-8(2)11(15-3)6-9(10)12/h5-7H,4H2,1-3H3. The topological polar surface area (TPSA) is 48.7 Å². The minimum atomic E-state index is -0.378. The van der Waals surface area contributed by atoms with Crippen molar-refractivity contribution in [2.24, 2.45) is 0 Å². The molecule has 0 saturated heterocycles. The lowest BCUT2D eigenvalue weighted by Crippen LogP contribution is -2.03. The fourth-order valence-electron chi connectivity index (χ4n) is 1.74. The predicted molar refractivity (Wildman–Crippen MR) is 63.5 cm³/mol. The lowest BCUT2D eigenvalue weighted by molar-refractivity contribution is 0.0527. The Morgan fingerprint density at radius 3 is 2.82 bits per heavy atom. The van der Waals surface area contributed by atoms with Gasteiger partial charge in [0.2, 0.25) is 0 Å². The fourth-order valence-corrected chi connectivity index (χ4v) is 1.74. The van der Waals surface area contributed by atoms with Crippen LogP contribution in [0.2, 0.25) is 0 Å². The molecule has 4 heteroatoms. The number of carbonyl (C=O) groups is 1. The number of carbonyl (C=O) groups excluding carboxylic acids is 1. The second-order valence-corrected chi connectivity index (χ2v) is 3.69. The largest absolute Gasteiger partial charge is 0.496 e. The fraction of sp³-hybridized carbons (Fsp3) is 0.308. The van der Waals surface area contributed by atoms with E-state index in [9.17, 15) is 4.79 Å². The zero-order valence-electron chi connectivity index (χ0n) is 10.1. The van der Waals surface area contributed by atoms with Crippen molar-refractivity contribution in [1.82, 2.24) is 0 Å². The lowest BCUT2D eigenvalue weighted by atomic mass is 10.1. The van der Waals surface area contributed by atoms with Gasteiger partial charge in [0, 0.05) is 5.39 Å². The van der Waals surface area contributed by atoms with Gasteiger partial charge in [-0.25, -0.2) is 4.79 Å². The zero-order valence-corrected chi connectivity index (χ0v) is 10.1. The molecule has 90 valence electrons. The van der Waals surface area contributed by atoms with E-state index in [1.807, 2.05) is 13.0 Å². The lowest BCUT2D eigenvalue weighted by Gasteiger charge is -2.04. The number of hydrogen-bond donors (Lipinski definition) is 0. The molecule has 0 aliphatic carbocycles. The number of esters is 1. The average Bonchev–Trinajstić information content (AvgIpc) is 2.70. The smallest absolute Gasteiger partial charge is 0.342 e. The van der Waals surface area contributed by atoms with E-state index in [2.05, 4.69) is 0 Å². The van der Waals surface area contributed by atoms with E-state index in [0.29, 0.717) is 23.1 Å². The van der Waals surface area contributed by atoms with E-state index in [1.54, 1.807) is 20.1 Å². The van der Waals surface area contributed by atoms with E-state index < -0.39 is 0 Å². The highest BCUT2D eigenvalue weighted by molar-refractivity contribution is 6.03. The Hall–Kier alpha value is -1.97. The Morgan fingerprint density at radius 1 is 1.41 bits per heavy atom. The number of rotatable bonds is 3. The summed E-state index contributed by atoms with van der Waals surface area (Å²) in [5, 5.41) is 0.714. The summed E-state index contributed by atoms with van der Waals surface area (Å²) < 4.78 is 15.5. The van der Waals surface area contributed by atoms with Crippen LogP contribution in [-0.2, 0) is 4.74 Å². The van der Waals surface area contributed by atoms with Gasteiger partial charge in [0.05, 0.1) is 13.7 Å². The molecule has 0 aliphatic rings. The van der Waals surface area contributed by atoms with Crippen molar-refractivity contribution in [3.05, 3.63) is 29.5 Å². The van der Waals surface area contributed by atoms with Gasteiger partial charge in [-0.05, 0) is 31.5 Å². The quantitative estimate of drug-likeness (QED) is 0.766. The van der Waals surface area contributed by atoms with Crippen LogP contribution in [0.4, 0.5) is 0 Å². The minimum Gasteiger partial charge on any atom is -0.496 e. The van der Waals surface area contributed by atoms with Gasteiger partial charge >= 0.3 is 5.97 Å². The van der Waals surface area contributed by atoms with Crippen LogP contribution < -0.4 is 4.74 Å². The molecule has 1 aromatic carbocycles. The van der Waals surface area contributed by atoms with E-state index >= 15 is 0 Å². The molecule has 0 aliphatic heterocycles. The summed E-state index contributed by atoms with van der Waals surface area (Å²) in [7, 11) is 1.60. The first-order valence-corrected chi connectivity index (χ1v) is 5.40. The van der Waals surface area contributed by atoms with Crippen molar-refractivity contribution >= 4 is 16.9 Å². The molecule has 0 N–H and O–H groups in total. The SMILES string of the molecule is CCOC(=O)c1coc2cc(C)c(OC)cc12. The summed E-state index contributed by atoms with van der Waals surface area (Å²) >= 11 is 0. The molecule has 0 amide bonds. The summed E-state index contributed by atoms with van der Waals surface area (Å²) in [4.78, 5) is 11.7. The van der Waals surface area contributed by atoms with Crippen LogP contribution in [0.1, 0.15) is 22.8 Å². The molecule has 0 atom stereocenters. The van der Waals surface area contributed by atoms with Gasteiger partial charge in [0.1, 0.15) is 23.2 Å². The molecular weight excluding hydrogens is 220 g/mol. The van der Waals surface area contributed by atoms with Crippen LogP contribution in [0.5, 0.6) is 5.75 Å². The number of aryl methyl sites for hydroxylation is 1. The van der Waals surface area contributed by atoms with E-state index in [0.717, 1.165) is 11.3 Å². The molecule has 4 nitrogen and oxygen atoms in total. The Bertz CT molecular complexity index is 554. The van der Waals surface area contributed by atoms with Crippen LogP contribution in [-0.4, -0.2) is 19.7 Å². The average molecular weight is 234 g/mol. The first-order valence-electron chi connectivity index (χ1n) is 5.40. The highest BCUT2D eigenvalue weighted by atomic mass is 16.5. The second-order valence-electron chi connectivity index (χ2n) is 3.69. The van der Waals surface area contributed by atoms with Gasteiger partial charge in [-0.3, -0.25) is 0 Å². The Kier molecular flexibility index (Phi) is 3.04. The maximum absolute atomic E-state index is 11.7. The monoisotopic (exact) mass is 234 g/mol. The molecule has 0 saturated carbocycles. The van der Waals surface area contributed by atoms with Crippen molar-refractivity contribution < 1.29 is 18.7 Å². The highest BCUT2D eigenvalue weighted by Crippen LogP contribution is 2.29. The molecule has 0 radical (unpaired) electrons. The van der Waals surface area contributed by atoms with Gasteiger partial charge in [-0.15, -0.1) is 0 Å². The van der Waals surface area contributed by atoms with Crippen molar-refractivity contribution in [3.8, 4) is 5.75 Å². The molecule has 1 heterocycles. The Morgan fingerprint density at radius 2 is 2.18 bits per heavy atom. The van der Waals surface area contributed by atoms with Crippen molar-refractivity contribution in [1.29, 1.82) is 0 Å². The molecule has 0 bridgehead atoms. The van der Waals surface area contributed by atoms with Crippen molar-refractivity contribution in [3.63, 3.8) is 0 Å². The van der Waals surface area contributed by atoms with Crippen LogP contribution >= 0.6 is 0 Å². The van der Waals surface area contributed by atoms with Gasteiger partial charge < -0.3 is 13.9 Å². The predicted octanol–water partition coefficient (Wildman–Crippen LogP) is 2.93. The molecule has 0 spiro atoms. The number of hydrogen-bond acceptors (Lipinski definition) is 4. The van der Waals surface area contributed by atoms with Gasteiger partial charge in [0.15, 0.2) is 0 Å². The number of ether oxygens (including phenoxy) is 2. The molecule has 0 unspecified atom stereocenters. The number of furan rings is 1. The normalized spacial score (nSPS) is 10.5. The molecule has 1 aromatic heterocycles. The third-order valence-corrected chi connectivity index (χ3v) is 2.59. The number of methoxy groups -OCH3 is 1. The third kappa shape index (κ3) is 1.98. The molecule has 17 heavy (non-hydrogen) atoms. The summed E-state index contributed by atoms with van der Waals surface area (Å²) in [6.07, 6.45) is 1.42. The first-order chi connectivity index (χ1) is 8.17. The van der Waals surface area contributed by atoms with Crippen LogP contribution in [0.3, 0.4) is 0 Å². The van der Waals surface area contributed by atoms with Gasteiger partial charge in [-0.2, -0.15) is 0 Å². The Balaban J connectivity index is 2.55. The molecular formula is C13H14O4. The number of fused-ring (bicyclic) bond motifs is 1. The summed E-state index contributed by atoms with van der Waals surface area (Å²) in [6, 6.07) is 3.64. The molecule has 0 fully saturated rings. The van der Waals surface area contributed by atoms with E-state index in [1.165, 1.54) is 6.26 Å². The van der Waals surface area contributed by atoms with Gasteiger partial charge in [-0.1, -0.05) is 0 Å². The third-order valence-electron chi connectivity index (χ3n) is 2.59. The molecule has 2 rings (SSSR count). The molecule has 2 aromatic rings.